The Morgan fingerprint density at radius 1 is 1.53 bits per heavy atom. The molecule has 1 aliphatic heterocycles. The van der Waals surface area contributed by atoms with E-state index in [2.05, 4.69) is 12.2 Å². The molecule has 1 aliphatic rings. The van der Waals surface area contributed by atoms with E-state index in [4.69, 9.17) is 0 Å². The average Bonchev–Trinajstić information content (AvgIpc) is 2.82. The number of carbonyl (C=O) groups excluding carboxylic acids is 2. The summed E-state index contributed by atoms with van der Waals surface area (Å²) in [5, 5.41) is 4.25. The molecule has 4 nitrogen and oxygen atoms in total. The van der Waals surface area contributed by atoms with Gasteiger partial charge >= 0.3 is 6.03 Å². The largest absolute Gasteiger partial charge is 0.324 e. The smallest absolute Gasteiger partial charge is 0.324 e. The molecule has 3 amide bonds. The quantitative estimate of drug-likeness (QED) is 0.834. The molecule has 5 heteroatoms. The fourth-order valence-corrected chi connectivity index (χ4v) is 2.64. The molecule has 1 unspecified atom stereocenters. The van der Waals surface area contributed by atoms with Gasteiger partial charge in [0, 0.05) is 13.1 Å². The zero-order valence-corrected chi connectivity index (χ0v) is 10.6. The second-order valence-corrected chi connectivity index (χ2v) is 5.38. The van der Waals surface area contributed by atoms with Gasteiger partial charge in [-0.25, -0.2) is 4.79 Å². The number of likely N-dealkylation sites (tertiary alicyclic amines) is 1. The second kappa shape index (κ2) is 5.31. The molecular weight excluding hydrogens is 236 g/mol. The van der Waals surface area contributed by atoms with Gasteiger partial charge in [0.25, 0.3) is 5.91 Å². The molecule has 1 fully saturated rings. The lowest BCUT2D eigenvalue weighted by Crippen LogP contribution is -2.46. The van der Waals surface area contributed by atoms with Crippen molar-refractivity contribution >= 4 is 23.3 Å². The first-order valence-electron chi connectivity index (χ1n) is 5.80. The van der Waals surface area contributed by atoms with E-state index in [0.717, 1.165) is 25.9 Å². The molecule has 1 aromatic heterocycles. The Bertz CT molecular complexity index is 403. The number of nitrogens with one attached hydrogen (secondary N) is 1. The SMILES string of the molecule is CC1CCCN(C(=O)NC(=O)c2cccs2)C1. The van der Waals surface area contributed by atoms with Gasteiger partial charge in [0.2, 0.25) is 0 Å². The minimum atomic E-state index is -0.303. The fraction of sp³-hybridized carbons (Fsp3) is 0.500. The van der Waals surface area contributed by atoms with E-state index in [0.29, 0.717) is 10.8 Å². The fourth-order valence-electron chi connectivity index (χ4n) is 2.02. The number of thiophene rings is 1. The number of amides is 3. The highest BCUT2D eigenvalue weighted by molar-refractivity contribution is 7.12. The minimum absolute atomic E-state index is 0.269. The van der Waals surface area contributed by atoms with Crippen LogP contribution in [0.2, 0.25) is 0 Å². The van der Waals surface area contributed by atoms with Crippen molar-refractivity contribution in [3.05, 3.63) is 22.4 Å². The number of hydrogen-bond donors (Lipinski definition) is 1. The molecule has 0 aliphatic carbocycles. The zero-order chi connectivity index (χ0) is 12.3. The summed E-state index contributed by atoms with van der Waals surface area (Å²) >= 11 is 1.34. The molecule has 0 saturated carbocycles. The third kappa shape index (κ3) is 3.06. The number of rotatable bonds is 1. The highest BCUT2D eigenvalue weighted by Crippen LogP contribution is 2.15. The monoisotopic (exact) mass is 252 g/mol. The van der Waals surface area contributed by atoms with E-state index in [9.17, 15) is 9.59 Å². The predicted molar refractivity (Wildman–Crippen MR) is 67.2 cm³/mol. The number of carbonyl (C=O) groups is 2. The molecule has 1 saturated heterocycles. The Morgan fingerprint density at radius 2 is 2.35 bits per heavy atom. The lowest BCUT2D eigenvalue weighted by molar-refractivity contribution is 0.0948. The Morgan fingerprint density at radius 3 is 3.00 bits per heavy atom. The number of imide groups is 1. The molecule has 1 N–H and O–H groups in total. The van der Waals surface area contributed by atoms with Gasteiger partial charge in [-0.15, -0.1) is 11.3 Å². The first-order valence-corrected chi connectivity index (χ1v) is 6.68. The molecule has 0 bridgehead atoms. The summed E-state index contributed by atoms with van der Waals surface area (Å²) < 4.78 is 0. The Balaban J connectivity index is 1.90. The highest BCUT2D eigenvalue weighted by atomic mass is 32.1. The predicted octanol–water partition coefficient (Wildman–Crippen LogP) is 2.33. The van der Waals surface area contributed by atoms with E-state index in [-0.39, 0.29) is 11.9 Å². The van der Waals surface area contributed by atoms with Gasteiger partial charge in [-0.05, 0) is 30.2 Å². The zero-order valence-electron chi connectivity index (χ0n) is 9.81. The molecule has 1 atom stereocenters. The van der Waals surface area contributed by atoms with Crippen molar-refractivity contribution in [1.29, 1.82) is 0 Å². The molecule has 0 spiro atoms. The molecule has 2 heterocycles. The van der Waals surface area contributed by atoms with Crippen molar-refractivity contribution in [2.24, 2.45) is 5.92 Å². The summed E-state index contributed by atoms with van der Waals surface area (Å²) in [4.78, 5) is 25.8. The van der Waals surface area contributed by atoms with Crippen molar-refractivity contribution in [3.63, 3.8) is 0 Å². The minimum Gasteiger partial charge on any atom is -0.324 e. The van der Waals surface area contributed by atoms with E-state index < -0.39 is 0 Å². The number of nitrogens with zero attached hydrogens (tertiary/aromatic N) is 1. The first-order chi connectivity index (χ1) is 8.16. The molecule has 17 heavy (non-hydrogen) atoms. The first kappa shape index (κ1) is 12.1. The second-order valence-electron chi connectivity index (χ2n) is 4.43. The van der Waals surface area contributed by atoms with Crippen LogP contribution in [0.1, 0.15) is 29.4 Å². The van der Waals surface area contributed by atoms with Gasteiger partial charge in [-0.1, -0.05) is 13.0 Å². The van der Waals surface area contributed by atoms with Gasteiger partial charge in [-0.2, -0.15) is 0 Å². The Kier molecular flexibility index (Phi) is 3.78. The van der Waals surface area contributed by atoms with Crippen molar-refractivity contribution in [3.8, 4) is 0 Å². The van der Waals surface area contributed by atoms with Crippen LogP contribution in [0.4, 0.5) is 4.79 Å². The Hall–Kier alpha value is -1.36. The summed E-state index contributed by atoms with van der Waals surface area (Å²) in [6.07, 6.45) is 2.17. The molecule has 1 aromatic rings. The molecule has 0 aromatic carbocycles. The highest BCUT2D eigenvalue weighted by Gasteiger charge is 2.22. The lowest BCUT2D eigenvalue weighted by atomic mass is 10.0. The van der Waals surface area contributed by atoms with Crippen LogP contribution in [0, 0.1) is 5.92 Å². The standard InChI is InChI=1S/C12H16N2O2S/c1-9-4-2-6-14(8-9)12(16)13-11(15)10-5-3-7-17-10/h3,5,7,9H,2,4,6,8H2,1H3,(H,13,15,16). The van der Waals surface area contributed by atoms with Crippen molar-refractivity contribution in [2.75, 3.05) is 13.1 Å². The maximum absolute atomic E-state index is 11.8. The molecular formula is C12H16N2O2S. The van der Waals surface area contributed by atoms with Gasteiger partial charge in [0.1, 0.15) is 0 Å². The van der Waals surface area contributed by atoms with Gasteiger partial charge in [-0.3, -0.25) is 10.1 Å². The van der Waals surface area contributed by atoms with Crippen molar-refractivity contribution in [1.82, 2.24) is 10.2 Å². The van der Waals surface area contributed by atoms with Gasteiger partial charge < -0.3 is 4.90 Å². The van der Waals surface area contributed by atoms with E-state index >= 15 is 0 Å². The van der Waals surface area contributed by atoms with E-state index in [1.165, 1.54) is 11.3 Å². The number of urea groups is 1. The van der Waals surface area contributed by atoms with Crippen LogP contribution in [-0.4, -0.2) is 29.9 Å². The summed E-state index contributed by atoms with van der Waals surface area (Å²) in [7, 11) is 0. The van der Waals surface area contributed by atoms with Crippen molar-refractivity contribution in [2.45, 2.75) is 19.8 Å². The van der Waals surface area contributed by atoms with Crippen LogP contribution in [0.5, 0.6) is 0 Å². The summed E-state index contributed by atoms with van der Waals surface area (Å²) in [6, 6.07) is 3.24. The van der Waals surface area contributed by atoms with Crippen molar-refractivity contribution < 1.29 is 9.59 Å². The normalized spacial score (nSPS) is 20.1. The maximum atomic E-state index is 11.8. The van der Waals surface area contributed by atoms with E-state index in [1.54, 1.807) is 17.0 Å². The molecule has 92 valence electrons. The third-order valence-corrected chi connectivity index (χ3v) is 3.78. The maximum Gasteiger partial charge on any atom is 0.324 e. The Labute approximate surface area is 105 Å². The topological polar surface area (TPSA) is 49.4 Å². The van der Waals surface area contributed by atoms with Crippen LogP contribution in [0.15, 0.2) is 17.5 Å². The lowest BCUT2D eigenvalue weighted by Gasteiger charge is -2.30. The van der Waals surface area contributed by atoms with Crippen LogP contribution in [0.25, 0.3) is 0 Å². The number of piperidine rings is 1. The number of hydrogen-bond acceptors (Lipinski definition) is 3. The van der Waals surface area contributed by atoms with Gasteiger partial charge in [0.15, 0.2) is 0 Å². The summed E-state index contributed by atoms with van der Waals surface area (Å²) in [5.41, 5.74) is 0. The van der Waals surface area contributed by atoms with Crippen LogP contribution >= 0.6 is 11.3 Å². The molecule has 0 radical (unpaired) electrons. The van der Waals surface area contributed by atoms with Crippen LogP contribution in [0.3, 0.4) is 0 Å². The van der Waals surface area contributed by atoms with Gasteiger partial charge in [0.05, 0.1) is 4.88 Å². The third-order valence-electron chi connectivity index (χ3n) is 2.91. The van der Waals surface area contributed by atoms with Crippen LogP contribution in [-0.2, 0) is 0 Å². The summed E-state index contributed by atoms with van der Waals surface area (Å²) in [6.45, 7) is 3.61. The van der Waals surface area contributed by atoms with E-state index in [1.807, 2.05) is 5.38 Å². The average molecular weight is 252 g/mol. The summed E-state index contributed by atoms with van der Waals surface area (Å²) in [5.74, 6) is 0.217. The van der Waals surface area contributed by atoms with Crippen LogP contribution < -0.4 is 5.32 Å². The molecule has 2 rings (SSSR count).